The molecule has 4 heteroatoms. The van der Waals surface area contributed by atoms with Gasteiger partial charge in [0.15, 0.2) is 0 Å². The van der Waals surface area contributed by atoms with Crippen LogP contribution in [0.5, 0.6) is 0 Å². The van der Waals surface area contributed by atoms with Crippen molar-refractivity contribution in [1.29, 1.82) is 0 Å². The number of aromatic nitrogens is 2. The molecule has 0 spiro atoms. The lowest BCUT2D eigenvalue weighted by atomic mass is 9.66. The molecule has 2 N–H and O–H groups in total. The Morgan fingerprint density at radius 1 is 1.53 bits per heavy atom. The molecule has 2 atom stereocenters. The summed E-state index contributed by atoms with van der Waals surface area (Å²) in [4.78, 5) is 0. The predicted octanol–water partition coefficient (Wildman–Crippen LogP) is 3.47. The Morgan fingerprint density at radius 2 is 2.26 bits per heavy atom. The van der Waals surface area contributed by atoms with Gasteiger partial charge in [-0.25, -0.2) is 0 Å². The summed E-state index contributed by atoms with van der Waals surface area (Å²) < 4.78 is 1.77. The lowest BCUT2D eigenvalue weighted by Gasteiger charge is -2.40. The first-order valence-electron chi connectivity index (χ1n) is 7.39. The van der Waals surface area contributed by atoms with Crippen LogP contribution in [-0.4, -0.2) is 16.3 Å². The van der Waals surface area contributed by atoms with Crippen LogP contribution < -0.4 is 5.73 Å². The summed E-state index contributed by atoms with van der Waals surface area (Å²) >= 11 is 6.38. The summed E-state index contributed by atoms with van der Waals surface area (Å²) in [5, 5.41) is 5.21. The van der Waals surface area contributed by atoms with Gasteiger partial charge < -0.3 is 5.73 Å². The van der Waals surface area contributed by atoms with Crippen molar-refractivity contribution < 1.29 is 0 Å². The van der Waals surface area contributed by atoms with Crippen LogP contribution in [0.2, 0.25) is 5.15 Å². The average molecular weight is 284 g/mol. The van der Waals surface area contributed by atoms with Crippen molar-refractivity contribution in [2.24, 2.45) is 24.1 Å². The Kier molecular flexibility index (Phi) is 4.57. The SMILES string of the molecule is CCC1CCCC(CN)(Cc2c(C)nn(C)c2Cl)C1. The van der Waals surface area contributed by atoms with Crippen LogP contribution in [0, 0.1) is 18.3 Å². The number of hydrogen-bond donors (Lipinski definition) is 1. The zero-order chi connectivity index (χ0) is 14.0. The highest BCUT2D eigenvalue weighted by Crippen LogP contribution is 2.43. The average Bonchev–Trinajstić information content (AvgIpc) is 2.65. The second-order valence-corrected chi connectivity index (χ2v) is 6.59. The van der Waals surface area contributed by atoms with Gasteiger partial charge >= 0.3 is 0 Å². The van der Waals surface area contributed by atoms with Crippen LogP contribution in [0.3, 0.4) is 0 Å². The normalized spacial score (nSPS) is 27.7. The van der Waals surface area contributed by atoms with Crippen molar-refractivity contribution in [3.05, 3.63) is 16.4 Å². The molecule has 108 valence electrons. The van der Waals surface area contributed by atoms with E-state index in [1.807, 2.05) is 14.0 Å². The molecule has 0 saturated heterocycles. The second kappa shape index (κ2) is 5.84. The first kappa shape index (κ1) is 14.9. The Morgan fingerprint density at radius 3 is 2.79 bits per heavy atom. The van der Waals surface area contributed by atoms with Crippen LogP contribution in [0.15, 0.2) is 0 Å². The van der Waals surface area contributed by atoms with Crippen molar-refractivity contribution in [3.63, 3.8) is 0 Å². The fourth-order valence-corrected chi connectivity index (χ4v) is 3.84. The van der Waals surface area contributed by atoms with Crippen molar-refractivity contribution in [3.8, 4) is 0 Å². The van der Waals surface area contributed by atoms with Crippen LogP contribution >= 0.6 is 11.6 Å². The highest BCUT2D eigenvalue weighted by atomic mass is 35.5. The smallest absolute Gasteiger partial charge is 0.130 e. The summed E-state index contributed by atoms with van der Waals surface area (Å²) in [6, 6.07) is 0. The molecule has 2 unspecified atom stereocenters. The van der Waals surface area contributed by atoms with Crippen molar-refractivity contribution >= 4 is 11.6 Å². The third-order valence-electron chi connectivity index (χ3n) is 4.87. The van der Waals surface area contributed by atoms with E-state index in [9.17, 15) is 0 Å². The number of nitrogens with zero attached hydrogens (tertiary/aromatic N) is 2. The summed E-state index contributed by atoms with van der Waals surface area (Å²) in [6.07, 6.45) is 7.37. The van der Waals surface area contributed by atoms with E-state index in [0.29, 0.717) is 0 Å². The topological polar surface area (TPSA) is 43.8 Å². The third-order valence-corrected chi connectivity index (χ3v) is 5.35. The number of halogens is 1. The van der Waals surface area contributed by atoms with Gasteiger partial charge in [-0.3, -0.25) is 4.68 Å². The Bertz CT molecular complexity index is 441. The maximum absolute atomic E-state index is 6.38. The summed E-state index contributed by atoms with van der Waals surface area (Å²) in [6.45, 7) is 5.10. The zero-order valence-electron chi connectivity index (χ0n) is 12.4. The van der Waals surface area contributed by atoms with Gasteiger partial charge in [-0.15, -0.1) is 0 Å². The fraction of sp³-hybridized carbons (Fsp3) is 0.800. The number of nitrogens with two attached hydrogens (primary N) is 1. The molecule has 0 aromatic carbocycles. The molecule has 1 aliphatic rings. The monoisotopic (exact) mass is 283 g/mol. The van der Waals surface area contributed by atoms with E-state index in [1.165, 1.54) is 37.7 Å². The molecule has 0 aliphatic heterocycles. The molecule has 2 rings (SSSR count). The van der Waals surface area contributed by atoms with Crippen molar-refractivity contribution in [1.82, 2.24) is 9.78 Å². The van der Waals surface area contributed by atoms with E-state index in [1.54, 1.807) is 4.68 Å². The number of hydrogen-bond acceptors (Lipinski definition) is 2. The Balaban J connectivity index is 2.22. The highest BCUT2D eigenvalue weighted by Gasteiger charge is 2.36. The first-order chi connectivity index (χ1) is 9.01. The fourth-order valence-electron chi connectivity index (χ4n) is 3.60. The lowest BCUT2D eigenvalue weighted by Crippen LogP contribution is -2.38. The molecule has 1 saturated carbocycles. The van der Waals surface area contributed by atoms with E-state index in [0.717, 1.165) is 29.7 Å². The van der Waals surface area contributed by atoms with E-state index >= 15 is 0 Å². The van der Waals surface area contributed by atoms with Crippen molar-refractivity contribution in [2.45, 2.75) is 52.4 Å². The van der Waals surface area contributed by atoms with Gasteiger partial charge in [-0.2, -0.15) is 5.10 Å². The van der Waals surface area contributed by atoms with E-state index in [2.05, 4.69) is 12.0 Å². The molecule has 0 amide bonds. The largest absolute Gasteiger partial charge is 0.330 e. The quantitative estimate of drug-likeness (QED) is 0.919. The number of rotatable bonds is 4. The molecule has 1 heterocycles. The summed E-state index contributed by atoms with van der Waals surface area (Å²) in [5.41, 5.74) is 8.63. The molecule has 1 aliphatic carbocycles. The van der Waals surface area contributed by atoms with Crippen LogP contribution in [0.1, 0.15) is 50.3 Å². The van der Waals surface area contributed by atoms with Gasteiger partial charge in [-0.05, 0) is 44.1 Å². The molecule has 1 aromatic heterocycles. The predicted molar refractivity (Wildman–Crippen MR) is 80.4 cm³/mol. The van der Waals surface area contributed by atoms with Gasteiger partial charge in [0.2, 0.25) is 0 Å². The standard InChI is InChI=1S/C15H26ClN3/c1-4-12-6-5-7-15(8-12,10-17)9-13-11(2)18-19(3)14(13)16/h12H,4-10,17H2,1-3H3. The second-order valence-electron chi connectivity index (χ2n) is 6.23. The molecule has 0 radical (unpaired) electrons. The summed E-state index contributed by atoms with van der Waals surface area (Å²) in [5.74, 6) is 0.827. The minimum absolute atomic E-state index is 0.232. The first-order valence-corrected chi connectivity index (χ1v) is 7.77. The Labute approximate surface area is 121 Å². The van der Waals surface area contributed by atoms with Crippen LogP contribution in [0.4, 0.5) is 0 Å². The maximum Gasteiger partial charge on any atom is 0.130 e. The lowest BCUT2D eigenvalue weighted by molar-refractivity contribution is 0.142. The van der Waals surface area contributed by atoms with Gasteiger partial charge in [0, 0.05) is 12.6 Å². The van der Waals surface area contributed by atoms with Gasteiger partial charge in [0.25, 0.3) is 0 Å². The maximum atomic E-state index is 6.38. The Hall–Kier alpha value is -0.540. The number of aryl methyl sites for hydroxylation is 2. The van der Waals surface area contributed by atoms with Crippen LogP contribution in [0.25, 0.3) is 0 Å². The van der Waals surface area contributed by atoms with Gasteiger partial charge in [0.1, 0.15) is 5.15 Å². The molecule has 0 bridgehead atoms. The van der Waals surface area contributed by atoms with Gasteiger partial charge in [0.05, 0.1) is 5.69 Å². The molecule has 1 fully saturated rings. The van der Waals surface area contributed by atoms with E-state index in [4.69, 9.17) is 17.3 Å². The molecular weight excluding hydrogens is 258 g/mol. The zero-order valence-corrected chi connectivity index (χ0v) is 13.1. The molecular formula is C15H26ClN3. The van der Waals surface area contributed by atoms with E-state index in [-0.39, 0.29) is 5.41 Å². The van der Waals surface area contributed by atoms with Gasteiger partial charge in [-0.1, -0.05) is 37.8 Å². The third kappa shape index (κ3) is 2.97. The molecule has 1 aromatic rings. The summed E-state index contributed by atoms with van der Waals surface area (Å²) in [7, 11) is 1.91. The highest BCUT2D eigenvalue weighted by molar-refractivity contribution is 6.30. The van der Waals surface area contributed by atoms with Crippen molar-refractivity contribution in [2.75, 3.05) is 6.54 Å². The molecule has 19 heavy (non-hydrogen) atoms. The minimum Gasteiger partial charge on any atom is -0.330 e. The molecule has 3 nitrogen and oxygen atoms in total. The van der Waals surface area contributed by atoms with Crippen LogP contribution in [-0.2, 0) is 13.5 Å². The minimum atomic E-state index is 0.232. The van der Waals surface area contributed by atoms with E-state index < -0.39 is 0 Å².